The highest BCUT2D eigenvalue weighted by Crippen LogP contribution is 2.10. The van der Waals surface area contributed by atoms with E-state index in [0.29, 0.717) is 6.61 Å². The lowest BCUT2D eigenvalue weighted by molar-refractivity contribution is 0.0479. The predicted octanol–water partition coefficient (Wildman–Crippen LogP) is 3.03. The van der Waals surface area contributed by atoms with E-state index in [1.54, 1.807) is 13.0 Å². The Kier molecular flexibility index (Phi) is 4.72. The van der Waals surface area contributed by atoms with Crippen molar-refractivity contribution in [1.29, 1.82) is 0 Å². The Balaban J connectivity index is 1.82. The van der Waals surface area contributed by atoms with Gasteiger partial charge in [0.15, 0.2) is 0 Å². The number of hydrogen-bond donors (Lipinski definition) is 0. The van der Waals surface area contributed by atoms with Crippen molar-refractivity contribution in [3.63, 3.8) is 0 Å². The number of aromatic nitrogens is 1. The minimum atomic E-state index is -0.454. The highest BCUT2D eigenvalue weighted by Gasteiger charge is 2.13. The molecule has 0 saturated carbocycles. The van der Waals surface area contributed by atoms with Crippen molar-refractivity contribution in [3.05, 3.63) is 53.4 Å². The quantitative estimate of drug-likeness (QED) is 0.748. The second-order valence-electron chi connectivity index (χ2n) is 4.24. The van der Waals surface area contributed by atoms with E-state index in [2.05, 4.69) is 17.3 Å². The van der Waals surface area contributed by atoms with E-state index in [0.717, 1.165) is 25.0 Å². The van der Waals surface area contributed by atoms with Gasteiger partial charge in [-0.3, -0.25) is 0 Å². The first-order valence-corrected chi connectivity index (χ1v) is 6.46. The van der Waals surface area contributed by atoms with Crippen LogP contribution in [-0.4, -0.2) is 17.7 Å². The lowest BCUT2D eigenvalue weighted by Gasteiger charge is -1.98. The molecule has 0 aliphatic carbocycles. The first-order valence-electron chi connectivity index (χ1n) is 6.46. The van der Waals surface area contributed by atoms with E-state index in [-0.39, 0.29) is 5.76 Å². The van der Waals surface area contributed by atoms with Crippen LogP contribution in [0.15, 0.2) is 40.9 Å². The molecule has 1 aromatic heterocycles. The Labute approximate surface area is 112 Å². The van der Waals surface area contributed by atoms with Crippen molar-refractivity contribution in [1.82, 2.24) is 5.16 Å². The third-order valence-electron chi connectivity index (χ3n) is 2.78. The van der Waals surface area contributed by atoms with Gasteiger partial charge in [-0.2, -0.15) is 0 Å². The first kappa shape index (κ1) is 13.3. The molecule has 0 bridgehead atoms. The highest BCUT2D eigenvalue weighted by atomic mass is 16.6. The maximum absolute atomic E-state index is 11.4. The molecular formula is C15H17NO3. The molecule has 0 fully saturated rings. The molecule has 0 aliphatic heterocycles. The van der Waals surface area contributed by atoms with Crippen LogP contribution in [0.3, 0.4) is 0 Å². The Morgan fingerprint density at radius 3 is 2.79 bits per heavy atom. The van der Waals surface area contributed by atoms with E-state index in [1.165, 1.54) is 5.56 Å². The molecule has 2 rings (SSSR count). The van der Waals surface area contributed by atoms with E-state index >= 15 is 0 Å². The third kappa shape index (κ3) is 3.95. The van der Waals surface area contributed by atoms with E-state index in [4.69, 9.17) is 9.26 Å². The summed E-state index contributed by atoms with van der Waals surface area (Å²) in [5.74, 6) is -0.277. The largest absolute Gasteiger partial charge is 0.460 e. The maximum Gasteiger partial charge on any atom is 0.377 e. The Hall–Kier alpha value is -2.10. The normalized spacial score (nSPS) is 10.4. The van der Waals surface area contributed by atoms with Crippen LogP contribution < -0.4 is 0 Å². The molecule has 1 heterocycles. The zero-order valence-electron chi connectivity index (χ0n) is 11.0. The van der Waals surface area contributed by atoms with Crippen molar-refractivity contribution < 1.29 is 14.1 Å². The number of carbonyl (C=O) groups is 1. The number of benzene rings is 1. The first-order chi connectivity index (χ1) is 9.29. The fourth-order valence-corrected chi connectivity index (χ4v) is 1.85. The summed E-state index contributed by atoms with van der Waals surface area (Å²) in [5, 5.41) is 3.87. The topological polar surface area (TPSA) is 52.3 Å². The van der Waals surface area contributed by atoms with Crippen LogP contribution in [0.25, 0.3) is 0 Å². The summed E-state index contributed by atoms with van der Waals surface area (Å²) in [5.41, 5.74) is 2.09. The zero-order chi connectivity index (χ0) is 13.5. The lowest BCUT2D eigenvalue weighted by Crippen LogP contribution is -2.02. The Morgan fingerprint density at radius 1 is 1.26 bits per heavy atom. The molecule has 1 aromatic carbocycles. The summed E-state index contributed by atoms with van der Waals surface area (Å²) < 4.78 is 9.80. The Morgan fingerprint density at radius 2 is 2.05 bits per heavy atom. The van der Waals surface area contributed by atoms with Gasteiger partial charge in [-0.05, 0) is 31.7 Å². The molecule has 0 unspecified atom stereocenters. The Bertz CT molecular complexity index is 519. The fourth-order valence-electron chi connectivity index (χ4n) is 1.85. The van der Waals surface area contributed by atoms with Gasteiger partial charge >= 0.3 is 5.97 Å². The van der Waals surface area contributed by atoms with Crippen molar-refractivity contribution in [2.75, 3.05) is 6.61 Å². The van der Waals surface area contributed by atoms with Gasteiger partial charge in [-0.15, -0.1) is 0 Å². The van der Waals surface area contributed by atoms with Gasteiger partial charge in [-0.25, -0.2) is 4.79 Å². The summed E-state index contributed by atoms with van der Waals surface area (Å²) >= 11 is 0. The molecule has 0 amide bonds. The molecule has 100 valence electrons. The summed E-state index contributed by atoms with van der Waals surface area (Å²) in [4.78, 5) is 11.4. The smallest absolute Gasteiger partial charge is 0.377 e. The molecule has 2 aromatic rings. The summed E-state index contributed by atoms with van der Waals surface area (Å²) in [7, 11) is 0. The number of esters is 1. The molecule has 0 N–H and O–H groups in total. The second kappa shape index (κ2) is 6.73. The van der Waals surface area contributed by atoms with E-state index in [9.17, 15) is 4.79 Å². The monoisotopic (exact) mass is 259 g/mol. The van der Waals surface area contributed by atoms with Crippen LogP contribution in [-0.2, 0) is 17.6 Å². The van der Waals surface area contributed by atoms with Crippen LogP contribution >= 0.6 is 0 Å². The number of nitrogens with zero attached hydrogens (tertiary/aromatic N) is 1. The maximum atomic E-state index is 11.4. The van der Waals surface area contributed by atoms with Crippen molar-refractivity contribution >= 4 is 5.97 Å². The number of hydrogen-bond acceptors (Lipinski definition) is 4. The molecule has 0 radical (unpaired) electrons. The molecule has 0 aliphatic rings. The summed E-state index contributed by atoms with van der Waals surface area (Å²) in [6.45, 7) is 2.10. The second-order valence-corrected chi connectivity index (χ2v) is 4.24. The fraction of sp³-hybridized carbons (Fsp3) is 0.333. The molecule has 0 spiro atoms. The predicted molar refractivity (Wildman–Crippen MR) is 70.9 cm³/mol. The van der Waals surface area contributed by atoms with Gasteiger partial charge in [-0.1, -0.05) is 35.5 Å². The van der Waals surface area contributed by atoms with E-state index < -0.39 is 5.97 Å². The number of ether oxygens (including phenoxy) is 1. The van der Waals surface area contributed by atoms with Crippen LogP contribution in [0.1, 0.15) is 35.2 Å². The van der Waals surface area contributed by atoms with Crippen LogP contribution in [0.2, 0.25) is 0 Å². The molecule has 0 atom stereocenters. The minimum absolute atomic E-state index is 0.177. The molecule has 4 heteroatoms. The van der Waals surface area contributed by atoms with E-state index in [1.807, 2.05) is 18.2 Å². The van der Waals surface area contributed by atoms with Gasteiger partial charge < -0.3 is 9.26 Å². The zero-order valence-corrected chi connectivity index (χ0v) is 11.0. The van der Waals surface area contributed by atoms with Crippen molar-refractivity contribution in [2.24, 2.45) is 0 Å². The SMILES string of the molecule is CCOC(=O)c1cc(CCCc2ccccc2)no1. The van der Waals surface area contributed by atoms with Gasteiger partial charge in [0.2, 0.25) is 5.76 Å². The van der Waals surface area contributed by atoms with Gasteiger partial charge in [0.1, 0.15) is 0 Å². The van der Waals surface area contributed by atoms with Gasteiger partial charge in [0, 0.05) is 6.07 Å². The van der Waals surface area contributed by atoms with Crippen LogP contribution in [0.5, 0.6) is 0 Å². The van der Waals surface area contributed by atoms with Crippen LogP contribution in [0, 0.1) is 0 Å². The lowest BCUT2D eigenvalue weighted by atomic mass is 10.1. The average Bonchev–Trinajstić information content (AvgIpc) is 2.89. The number of carbonyl (C=O) groups excluding carboxylic acids is 1. The average molecular weight is 259 g/mol. The van der Waals surface area contributed by atoms with Crippen molar-refractivity contribution in [3.8, 4) is 0 Å². The molecular weight excluding hydrogens is 242 g/mol. The third-order valence-corrected chi connectivity index (χ3v) is 2.78. The van der Waals surface area contributed by atoms with Crippen LogP contribution in [0.4, 0.5) is 0 Å². The molecule has 0 saturated heterocycles. The molecule has 19 heavy (non-hydrogen) atoms. The summed E-state index contributed by atoms with van der Waals surface area (Å²) in [6, 6.07) is 11.9. The van der Waals surface area contributed by atoms with Crippen molar-refractivity contribution in [2.45, 2.75) is 26.2 Å². The highest BCUT2D eigenvalue weighted by molar-refractivity contribution is 5.86. The van der Waals surface area contributed by atoms with Gasteiger partial charge in [0.05, 0.1) is 12.3 Å². The van der Waals surface area contributed by atoms with Gasteiger partial charge in [0.25, 0.3) is 0 Å². The molecule has 4 nitrogen and oxygen atoms in total. The number of rotatable bonds is 6. The summed E-state index contributed by atoms with van der Waals surface area (Å²) in [6.07, 6.45) is 2.75. The standard InChI is InChI=1S/C15H17NO3/c1-2-18-15(17)14-11-13(16-19-14)10-6-9-12-7-4-3-5-8-12/h3-5,7-8,11H,2,6,9-10H2,1H3. The number of aryl methyl sites for hydroxylation is 2. The minimum Gasteiger partial charge on any atom is -0.460 e.